The van der Waals surface area contributed by atoms with Crippen molar-refractivity contribution in [3.63, 3.8) is 0 Å². The van der Waals surface area contributed by atoms with Crippen LogP contribution in [0.25, 0.3) is 0 Å². The molecule has 6 nitrogen and oxygen atoms in total. The largest absolute Gasteiger partial charge is 0.348 e. The Morgan fingerprint density at radius 3 is 2.80 bits per heavy atom. The molecule has 1 heterocycles. The number of amides is 1. The first-order valence-corrected chi connectivity index (χ1v) is 6.31. The number of hydrogen-bond acceptors (Lipinski definition) is 3. The Hall–Kier alpha value is -2.22. The number of aromatic nitrogens is 2. The summed E-state index contributed by atoms with van der Waals surface area (Å²) in [6.45, 7) is -0.0807. The molecule has 0 aliphatic rings. The molecule has 0 spiro atoms. The number of aromatic amines is 2. The summed E-state index contributed by atoms with van der Waals surface area (Å²) in [6, 6.07) is 4.32. The number of benzene rings is 1. The predicted molar refractivity (Wildman–Crippen MR) is 73.0 cm³/mol. The van der Waals surface area contributed by atoms with Crippen LogP contribution in [0, 0.1) is 5.82 Å². The smallest absolute Gasteiger partial charge is 0.325 e. The van der Waals surface area contributed by atoms with Gasteiger partial charge in [0.2, 0.25) is 0 Å². The Kier molecular flexibility index (Phi) is 4.14. The van der Waals surface area contributed by atoms with Crippen LogP contribution in [-0.2, 0) is 6.54 Å². The second-order valence-corrected chi connectivity index (χ2v) is 4.82. The lowest BCUT2D eigenvalue weighted by atomic mass is 10.2. The first-order chi connectivity index (χ1) is 9.47. The summed E-state index contributed by atoms with van der Waals surface area (Å²) >= 11 is 3.19. The van der Waals surface area contributed by atoms with E-state index in [1.54, 1.807) is 0 Å². The standard InChI is InChI=1S/C12H9BrFN3O3/c13-7-1-2-9(14)6(3-7)4-15-10(18)8-5-16-12(20)17-11(8)19/h1-3,5H,4H2,(H,15,18)(H2,16,17,19,20). The normalized spacial score (nSPS) is 10.3. The first kappa shape index (κ1) is 14.2. The highest BCUT2D eigenvalue weighted by Crippen LogP contribution is 2.15. The third-order valence-corrected chi connectivity index (χ3v) is 3.00. The minimum absolute atomic E-state index is 0.0807. The highest BCUT2D eigenvalue weighted by molar-refractivity contribution is 9.10. The van der Waals surface area contributed by atoms with Gasteiger partial charge in [0.05, 0.1) is 0 Å². The van der Waals surface area contributed by atoms with Crippen molar-refractivity contribution in [3.8, 4) is 0 Å². The van der Waals surface area contributed by atoms with Crippen molar-refractivity contribution in [3.05, 3.63) is 66.7 Å². The van der Waals surface area contributed by atoms with E-state index in [4.69, 9.17) is 0 Å². The van der Waals surface area contributed by atoms with E-state index in [0.29, 0.717) is 4.47 Å². The van der Waals surface area contributed by atoms with E-state index in [0.717, 1.165) is 6.20 Å². The van der Waals surface area contributed by atoms with E-state index < -0.39 is 23.0 Å². The van der Waals surface area contributed by atoms with Crippen molar-refractivity contribution >= 4 is 21.8 Å². The van der Waals surface area contributed by atoms with Crippen LogP contribution in [0.4, 0.5) is 4.39 Å². The molecule has 0 saturated heterocycles. The summed E-state index contributed by atoms with van der Waals surface area (Å²) in [6.07, 6.45) is 1.01. The van der Waals surface area contributed by atoms with Gasteiger partial charge in [-0.25, -0.2) is 9.18 Å². The van der Waals surface area contributed by atoms with Crippen LogP contribution in [0.2, 0.25) is 0 Å². The fourth-order valence-corrected chi connectivity index (χ4v) is 1.94. The maximum absolute atomic E-state index is 13.5. The molecular formula is C12H9BrFN3O3. The molecule has 1 amide bonds. The van der Waals surface area contributed by atoms with Crippen molar-refractivity contribution in [1.82, 2.24) is 15.3 Å². The zero-order valence-electron chi connectivity index (χ0n) is 10.00. The number of nitrogens with one attached hydrogen (secondary N) is 3. The highest BCUT2D eigenvalue weighted by atomic mass is 79.9. The summed E-state index contributed by atoms with van der Waals surface area (Å²) in [5, 5.41) is 2.40. The fraction of sp³-hybridized carbons (Fsp3) is 0.0833. The Morgan fingerprint density at radius 2 is 2.10 bits per heavy atom. The molecule has 2 rings (SSSR count). The molecule has 1 aromatic heterocycles. The van der Waals surface area contributed by atoms with Crippen LogP contribution in [0.5, 0.6) is 0 Å². The molecule has 0 aliphatic carbocycles. The number of halogens is 2. The zero-order valence-corrected chi connectivity index (χ0v) is 11.6. The molecule has 0 aliphatic heterocycles. The van der Waals surface area contributed by atoms with Crippen molar-refractivity contribution < 1.29 is 9.18 Å². The van der Waals surface area contributed by atoms with Crippen LogP contribution in [-0.4, -0.2) is 15.9 Å². The van der Waals surface area contributed by atoms with Gasteiger partial charge < -0.3 is 10.3 Å². The summed E-state index contributed by atoms with van der Waals surface area (Å²) < 4.78 is 14.1. The van der Waals surface area contributed by atoms with Crippen molar-refractivity contribution in [1.29, 1.82) is 0 Å². The monoisotopic (exact) mass is 341 g/mol. The minimum atomic E-state index is -0.805. The van der Waals surface area contributed by atoms with E-state index in [1.165, 1.54) is 18.2 Å². The Balaban J connectivity index is 2.14. The fourth-order valence-electron chi connectivity index (χ4n) is 1.53. The van der Waals surface area contributed by atoms with Gasteiger partial charge in [0, 0.05) is 22.8 Å². The Labute approximate surface area is 120 Å². The van der Waals surface area contributed by atoms with E-state index in [1.807, 2.05) is 4.98 Å². The van der Waals surface area contributed by atoms with Crippen LogP contribution in [0.3, 0.4) is 0 Å². The summed E-state index contributed by atoms with van der Waals surface area (Å²) in [5.74, 6) is -1.18. The second-order valence-electron chi connectivity index (χ2n) is 3.90. The van der Waals surface area contributed by atoms with Crippen LogP contribution >= 0.6 is 15.9 Å². The van der Waals surface area contributed by atoms with Gasteiger partial charge >= 0.3 is 5.69 Å². The first-order valence-electron chi connectivity index (χ1n) is 5.51. The second kappa shape index (κ2) is 5.83. The topological polar surface area (TPSA) is 94.8 Å². The van der Waals surface area contributed by atoms with Crippen LogP contribution < -0.4 is 16.6 Å². The zero-order chi connectivity index (χ0) is 14.7. The lowest BCUT2D eigenvalue weighted by molar-refractivity contribution is 0.0948. The molecule has 0 radical (unpaired) electrons. The lowest BCUT2D eigenvalue weighted by Crippen LogP contribution is -2.33. The molecule has 20 heavy (non-hydrogen) atoms. The molecule has 0 bridgehead atoms. The molecule has 1 aromatic carbocycles. The highest BCUT2D eigenvalue weighted by Gasteiger charge is 2.11. The number of H-pyrrole nitrogens is 2. The van der Waals surface area contributed by atoms with Crippen molar-refractivity contribution in [2.24, 2.45) is 0 Å². The SMILES string of the molecule is O=C(NCc1cc(Br)ccc1F)c1c[nH]c(=O)[nH]c1=O. The van der Waals surface area contributed by atoms with E-state index in [9.17, 15) is 18.8 Å². The maximum Gasteiger partial charge on any atom is 0.325 e. The summed E-state index contributed by atoms with van der Waals surface area (Å²) in [4.78, 5) is 38.1. The van der Waals surface area contributed by atoms with Gasteiger partial charge in [-0.05, 0) is 18.2 Å². The van der Waals surface area contributed by atoms with Crippen molar-refractivity contribution in [2.45, 2.75) is 6.54 Å². The van der Waals surface area contributed by atoms with Gasteiger partial charge in [0.25, 0.3) is 11.5 Å². The van der Waals surface area contributed by atoms with E-state index in [-0.39, 0.29) is 17.7 Å². The lowest BCUT2D eigenvalue weighted by Gasteiger charge is -2.06. The average molecular weight is 342 g/mol. The summed E-state index contributed by atoms with van der Waals surface area (Å²) in [7, 11) is 0. The summed E-state index contributed by atoms with van der Waals surface area (Å²) in [5.41, 5.74) is -1.49. The maximum atomic E-state index is 13.5. The molecule has 0 saturated carbocycles. The number of carbonyl (C=O) groups excluding carboxylic acids is 1. The molecular weight excluding hydrogens is 333 g/mol. The van der Waals surface area contributed by atoms with Gasteiger partial charge in [-0.3, -0.25) is 14.6 Å². The molecule has 104 valence electrons. The molecule has 8 heteroatoms. The van der Waals surface area contributed by atoms with Gasteiger partial charge in [-0.1, -0.05) is 15.9 Å². The third kappa shape index (κ3) is 3.21. The average Bonchev–Trinajstić information content (AvgIpc) is 2.39. The van der Waals surface area contributed by atoms with Crippen molar-refractivity contribution in [2.75, 3.05) is 0 Å². The Bertz CT molecular complexity index is 769. The van der Waals surface area contributed by atoms with Crippen LogP contribution in [0.1, 0.15) is 15.9 Å². The quantitative estimate of drug-likeness (QED) is 0.773. The van der Waals surface area contributed by atoms with Gasteiger partial charge in [-0.15, -0.1) is 0 Å². The van der Waals surface area contributed by atoms with Gasteiger partial charge in [-0.2, -0.15) is 0 Å². The molecule has 2 aromatic rings. The molecule has 0 unspecified atom stereocenters. The minimum Gasteiger partial charge on any atom is -0.348 e. The third-order valence-electron chi connectivity index (χ3n) is 2.51. The van der Waals surface area contributed by atoms with E-state index >= 15 is 0 Å². The molecule has 0 fully saturated rings. The predicted octanol–water partition coefficient (Wildman–Crippen LogP) is 0.895. The van der Waals surface area contributed by atoms with Gasteiger partial charge in [0.15, 0.2) is 0 Å². The van der Waals surface area contributed by atoms with Crippen LogP contribution in [0.15, 0.2) is 38.5 Å². The number of carbonyl (C=O) groups is 1. The number of rotatable bonds is 3. The Morgan fingerprint density at radius 1 is 1.35 bits per heavy atom. The van der Waals surface area contributed by atoms with E-state index in [2.05, 4.69) is 26.2 Å². The molecule has 3 N–H and O–H groups in total. The van der Waals surface area contributed by atoms with Gasteiger partial charge in [0.1, 0.15) is 11.4 Å². The number of hydrogen-bond donors (Lipinski definition) is 3. The molecule has 0 atom stereocenters.